The van der Waals surface area contributed by atoms with Crippen LogP contribution in [0, 0.1) is 12.8 Å². The Labute approximate surface area is 114 Å². The van der Waals surface area contributed by atoms with E-state index >= 15 is 0 Å². The first-order valence-corrected chi connectivity index (χ1v) is 6.60. The molecule has 0 aliphatic carbocycles. The highest BCUT2D eigenvalue weighted by molar-refractivity contribution is 5.94. The number of hydrogen-bond acceptors (Lipinski definition) is 2. The van der Waals surface area contributed by atoms with E-state index in [1.807, 2.05) is 39.0 Å². The molecule has 2 amide bonds. The maximum atomic E-state index is 11.8. The van der Waals surface area contributed by atoms with E-state index in [0.29, 0.717) is 31.0 Å². The van der Waals surface area contributed by atoms with Crippen LogP contribution in [0.5, 0.6) is 0 Å². The Bertz CT molecular complexity index is 442. The van der Waals surface area contributed by atoms with Gasteiger partial charge in [-0.25, -0.2) is 0 Å². The molecular weight excluding hydrogens is 240 g/mol. The molecule has 1 aromatic carbocycles. The van der Waals surface area contributed by atoms with Crippen LogP contribution in [0.25, 0.3) is 0 Å². The lowest BCUT2D eigenvalue weighted by atomic mass is 10.1. The van der Waals surface area contributed by atoms with Crippen LogP contribution in [0.15, 0.2) is 24.3 Å². The van der Waals surface area contributed by atoms with Crippen LogP contribution in [-0.4, -0.2) is 24.9 Å². The molecule has 0 unspecified atom stereocenters. The Morgan fingerprint density at radius 2 is 1.95 bits per heavy atom. The largest absolute Gasteiger partial charge is 0.356 e. The van der Waals surface area contributed by atoms with Gasteiger partial charge in [-0.15, -0.1) is 0 Å². The number of carbonyl (C=O) groups is 2. The van der Waals surface area contributed by atoms with Gasteiger partial charge in [-0.2, -0.15) is 0 Å². The minimum atomic E-state index is -0.139. The predicted molar refractivity (Wildman–Crippen MR) is 76.0 cm³/mol. The summed E-state index contributed by atoms with van der Waals surface area (Å²) in [6.45, 7) is 7.05. The Kier molecular flexibility index (Phi) is 6.06. The minimum absolute atomic E-state index is 0.0294. The van der Waals surface area contributed by atoms with Crippen molar-refractivity contribution in [1.82, 2.24) is 10.6 Å². The van der Waals surface area contributed by atoms with Crippen LogP contribution in [-0.2, 0) is 4.79 Å². The van der Waals surface area contributed by atoms with E-state index in [4.69, 9.17) is 0 Å². The van der Waals surface area contributed by atoms with Gasteiger partial charge >= 0.3 is 0 Å². The molecule has 0 heterocycles. The summed E-state index contributed by atoms with van der Waals surface area (Å²) >= 11 is 0. The van der Waals surface area contributed by atoms with Gasteiger partial charge in [-0.05, 0) is 25.0 Å². The highest BCUT2D eigenvalue weighted by Crippen LogP contribution is 2.03. The van der Waals surface area contributed by atoms with Gasteiger partial charge in [-0.1, -0.05) is 31.5 Å². The molecule has 1 aromatic rings. The number of aryl methyl sites for hydroxylation is 1. The molecular formula is C15H22N2O2. The maximum absolute atomic E-state index is 11.8. The fourth-order valence-corrected chi connectivity index (χ4v) is 1.58. The molecule has 0 fully saturated rings. The van der Waals surface area contributed by atoms with Gasteiger partial charge in [0.1, 0.15) is 0 Å². The molecule has 0 aliphatic rings. The summed E-state index contributed by atoms with van der Waals surface area (Å²) in [5, 5.41) is 5.56. The summed E-state index contributed by atoms with van der Waals surface area (Å²) in [5.41, 5.74) is 1.67. The van der Waals surface area contributed by atoms with Gasteiger partial charge in [0.25, 0.3) is 5.91 Å². The van der Waals surface area contributed by atoms with Gasteiger partial charge in [0, 0.05) is 25.1 Å². The molecule has 19 heavy (non-hydrogen) atoms. The van der Waals surface area contributed by atoms with Gasteiger partial charge in [0.2, 0.25) is 5.91 Å². The molecule has 0 radical (unpaired) electrons. The first kappa shape index (κ1) is 15.2. The smallest absolute Gasteiger partial charge is 0.251 e. The number of rotatable bonds is 6. The van der Waals surface area contributed by atoms with Crippen molar-refractivity contribution in [3.05, 3.63) is 35.4 Å². The van der Waals surface area contributed by atoms with E-state index in [1.54, 1.807) is 6.07 Å². The van der Waals surface area contributed by atoms with Crippen LogP contribution in [0.2, 0.25) is 0 Å². The number of amides is 2. The fraction of sp³-hybridized carbons (Fsp3) is 0.467. The standard InChI is InChI=1S/C15H22N2O2/c1-11(2)10-17-14(18)7-8-16-15(19)13-6-4-5-12(3)9-13/h4-6,9,11H,7-8,10H2,1-3H3,(H,16,19)(H,17,18). The first-order valence-electron chi connectivity index (χ1n) is 6.60. The second-order valence-corrected chi connectivity index (χ2v) is 5.07. The lowest BCUT2D eigenvalue weighted by Gasteiger charge is -2.08. The summed E-state index contributed by atoms with van der Waals surface area (Å²) < 4.78 is 0. The summed E-state index contributed by atoms with van der Waals surface area (Å²) in [7, 11) is 0. The Morgan fingerprint density at radius 3 is 2.58 bits per heavy atom. The number of nitrogens with one attached hydrogen (secondary N) is 2. The molecule has 0 bridgehead atoms. The molecule has 4 nitrogen and oxygen atoms in total. The van der Waals surface area contributed by atoms with Gasteiger partial charge in [-0.3, -0.25) is 9.59 Å². The van der Waals surface area contributed by atoms with Crippen LogP contribution in [0.3, 0.4) is 0 Å². The Balaban J connectivity index is 2.29. The maximum Gasteiger partial charge on any atom is 0.251 e. The van der Waals surface area contributed by atoms with E-state index in [2.05, 4.69) is 10.6 Å². The Hall–Kier alpha value is -1.84. The minimum Gasteiger partial charge on any atom is -0.356 e. The van der Waals surface area contributed by atoms with Crippen molar-refractivity contribution in [3.63, 3.8) is 0 Å². The monoisotopic (exact) mass is 262 g/mol. The summed E-state index contributed by atoms with van der Waals surface area (Å²) in [4.78, 5) is 23.3. The summed E-state index contributed by atoms with van der Waals surface area (Å²) in [6.07, 6.45) is 0.310. The zero-order chi connectivity index (χ0) is 14.3. The first-order chi connectivity index (χ1) is 8.99. The molecule has 0 atom stereocenters. The zero-order valence-corrected chi connectivity index (χ0v) is 11.8. The van der Waals surface area contributed by atoms with Crippen molar-refractivity contribution in [2.75, 3.05) is 13.1 Å². The number of benzene rings is 1. The van der Waals surface area contributed by atoms with E-state index in [9.17, 15) is 9.59 Å². The highest BCUT2D eigenvalue weighted by atomic mass is 16.2. The SMILES string of the molecule is Cc1cccc(C(=O)NCCC(=O)NCC(C)C)c1. The topological polar surface area (TPSA) is 58.2 Å². The molecule has 0 aliphatic heterocycles. The molecule has 2 N–H and O–H groups in total. The molecule has 1 rings (SSSR count). The third-order valence-electron chi connectivity index (χ3n) is 2.63. The second kappa shape index (κ2) is 7.56. The van der Waals surface area contributed by atoms with Crippen LogP contribution < -0.4 is 10.6 Å². The van der Waals surface area contributed by atoms with E-state index < -0.39 is 0 Å². The Morgan fingerprint density at radius 1 is 1.21 bits per heavy atom. The van der Waals surface area contributed by atoms with Crippen LogP contribution >= 0.6 is 0 Å². The van der Waals surface area contributed by atoms with E-state index in [-0.39, 0.29) is 11.8 Å². The molecule has 0 aromatic heterocycles. The van der Waals surface area contributed by atoms with Crippen molar-refractivity contribution >= 4 is 11.8 Å². The third kappa shape index (κ3) is 6.04. The lowest BCUT2D eigenvalue weighted by Crippen LogP contribution is -2.32. The van der Waals surface area contributed by atoms with Crippen molar-refractivity contribution in [1.29, 1.82) is 0 Å². The summed E-state index contributed by atoms with van der Waals surface area (Å²) in [6, 6.07) is 7.38. The zero-order valence-electron chi connectivity index (χ0n) is 11.8. The average molecular weight is 262 g/mol. The van der Waals surface area contributed by atoms with Crippen LogP contribution in [0.4, 0.5) is 0 Å². The van der Waals surface area contributed by atoms with E-state index in [1.165, 1.54) is 0 Å². The number of carbonyl (C=O) groups excluding carboxylic acids is 2. The summed E-state index contributed by atoms with van der Waals surface area (Å²) in [5.74, 6) is 0.268. The normalized spacial score (nSPS) is 10.3. The molecule has 0 saturated heterocycles. The van der Waals surface area contributed by atoms with Crippen molar-refractivity contribution in [2.24, 2.45) is 5.92 Å². The lowest BCUT2D eigenvalue weighted by molar-refractivity contribution is -0.121. The molecule has 104 valence electrons. The average Bonchev–Trinajstić information content (AvgIpc) is 2.36. The third-order valence-corrected chi connectivity index (χ3v) is 2.63. The molecule has 0 spiro atoms. The van der Waals surface area contributed by atoms with E-state index in [0.717, 1.165) is 5.56 Å². The molecule has 4 heteroatoms. The van der Waals surface area contributed by atoms with Gasteiger partial charge < -0.3 is 10.6 Å². The second-order valence-electron chi connectivity index (χ2n) is 5.07. The van der Waals surface area contributed by atoms with Crippen LogP contribution in [0.1, 0.15) is 36.2 Å². The quantitative estimate of drug-likeness (QED) is 0.822. The molecule has 0 saturated carbocycles. The predicted octanol–water partition coefficient (Wildman–Crippen LogP) is 1.89. The van der Waals surface area contributed by atoms with Crippen molar-refractivity contribution < 1.29 is 9.59 Å². The fourth-order valence-electron chi connectivity index (χ4n) is 1.58. The van der Waals surface area contributed by atoms with Crippen molar-refractivity contribution in [3.8, 4) is 0 Å². The van der Waals surface area contributed by atoms with Gasteiger partial charge in [0.05, 0.1) is 0 Å². The van der Waals surface area contributed by atoms with Gasteiger partial charge in [0.15, 0.2) is 0 Å². The number of hydrogen-bond donors (Lipinski definition) is 2. The highest BCUT2D eigenvalue weighted by Gasteiger charge is 2.06. The van der Waals surface area contributed by atoms with Crippen molar-refractivity contribution in [2.45, 2.75) is 27.2 Å².